The molecule has 1 aromatic carbocycles. The number of likely N-dealkylation sites (N-methyl/N-ethyl adjacent to an activating group) is 1. The van der Waals surface area contributed by atoms with Crippen molar-refractivity contribution in [1.82, 2.24) is 15.5 Å². The molecule has 1 aliphatic rings. The smallest absolute Gasteiger partial charge is 0.309 e. The van der Waals surface area contributed by atoms with Crippen LogP contribution >= 0.6 is 0 Å². The van der Waals surface area contributed by atoms with Gasteiger partial charge in [0.2, 0.25) is 0 Å². The summed E-state index contributed by atoms with van der Waals surface area (Å²) in [4.78, 5) is 28.0. The van der Waals surface area contributed by atoms with Gasteiger partial charge in [-0.15, -0.1) is 0 Å². The zero-order valence-electron chi connectivity index (χ0n) is 15.9. The summed E-state index contributed by atoms with van der Waals surface area (Å²) in [7, 11) is 0. The van der Waals surface area contributed by atoms with Gasteiger partial charge in [-0.3, -0.25) is 14.5 Å². The lowest BCUT2D eigenvalue weighted by Gasteiger charge is -2.39. The summed E-state index contributed by atoms with van der Waals surface area (Å²) >= 11 is 0. The number of halogens is 1. The highest BCUT2D eigenvalue weighted by atomic mass is 19.1. The second-order valence-electron chi connectivity index (χ2n) is 6.60. The Morgan fingerprint density at radius 3 is 2.36 bits per heavy atom. The minimum absolute atomic E-state index is 0.163. The van der Waals surface area contributed by atoms with Gasteiger partial charge in [-0.05, 0) is 43.3 Å². The molecule has 2 amide bonds. The van der Waals surface area contributed by atoms with Crippen LogP contribution in [-0.2, 0) is 9.59 Å². The summed E-state index contributed by atoms with van der Waals surface area (Å²) in [6.07, 6.45) is 1.60. The predicted octanol–water partition coefficient (Wildman–Crippen LogP) is 1.53. The second-order valence-corrected chi connectivity index (χ2v) is 6.60. The zero-order valence-corrected chi connectivity index (χ0v) is 15.9. The second kappa shape index (κ2) is 9.36. The highest BCUT2D eigenvalue weighted by Crippen LogP contribution is 2.24. The highest BCUT2D eigenvalue weighted by Gasteiger charge is 2.28. The Morgan fingerprint density at radius 1 is 1.07 bits per heavy atom. The average molecular weight is 388 g/mol. The Kier molecular flexibility index (Phi) is 6.65. The summed E-state index contributed by atoms with van der Waals surface area (Å²) in [5, 5.41) is 5.18. The maximum atomic E-state index is 13.1. The molecule has 1 saturated heterocycles. The van der Waals surface area contributed by atoms with E-state index in [2.05, 4.69) is 20.4 Å². The van der Waals surface area contributed by atoms with Crippen molar-refractivity contribution >= 4 is 17.5 Å². The van der Waals surface area contributed by atoms with E-state index in [4.69, 9.17) is 4.42 Å². The van der Waals surface area contributed by atoms with Crippen molar-refractivity contribution in [2.75, 3.05) is 44.2 Å². The third-order valence-corrected chi connectivity index (χ3v) is 4.82. The van der Waals surface area contributed by atoms with Gasteiger partial charge in [-0.2, -0.15) is 0 Å². The molecule has 1 aliphatic heterocycles. The normalized spacial score (nSPS) is 15.9. The van der Waals surface area contributed by atoms with Gasteiger partial charge < -0.3 is 20.0 Å². The van der Waals surface area contributed by atoms with Gasteiger partial charge in [-0.1, -0.05) is 0 Å². The van der Waals surface area contributed by atoms with Gasteiger partial charge in [0.1, 0.15) is 11.6 Å². The van der Waals surface area contributed by atoms with E-state index in [-0.39, 0.29) is 18.4 Å². The molecule has 1 aromatic heterocycles. The largest absolute Gasteiger partial charge is 0.468 e. The minimum atomic E-state index is -0.650. The molecule has 1 fully saturated rings. The number of hydrogen-bond donors (Lipinski definition) is 2. The molecule has 2 aromatic rings. The van der Waals surface area contributed by atoms with E-state index in [0.717, 1.165) is 37.6 Å². The number of furan rings is 1. The van der Waals surface area contributed by atoms with Crippen molar-refractivity contribution in [3.8, 4) is 0 Å². The van der Waals surface area contributed by atoms with Gasteiger partial charge in [0.05, 0.1) is 12.3 Å². The fourth-order valence-corrected chi connectivity index (χ4v) is 3.34. The number of carbonyl (C=O) groups is 2. The molecule has 7 nitrogen and oxygen atoms in total. The quantitative estimate of drug-likeness (QED) is 0.734. The first-order chi connectivity index (χ1) is 13.6. The molecule has 0 radical (unpaired) electrons. The summed E-state index contributed by atoms with van der Waals surface area (Å²) in [6, 6.07) is 10.00. The van der Waals surface area contributed by atoms with Crippen LogP contribution in [0.4, 0.5) is 10.1 Å². The zero-order chi connectivity index (χ0) is 19.9. The highest BCUT2D eigenvalue weighted by molar-refractivity contribution is 6.35. The summed E-state index contributed by atoms with van der Waals surface area (Å²) in [5.41, 5.74) is 0.986. The van der Waals surface area contributed by atoms with Crippen LogP contribution in [0.1, 0.15) is 18.7 Å². The Balaban J connectivity index is 1.61. The van der Waals surface area contributed by atoms with Crippen molar-refractivity contribution in [2.24, 2.45) is 0 Å². The number of anilines is 1. The van der Waals surface area contributed by atoms with Crippen LogP contribution in [0.2, 0.25) is 0 Å². The fraction of sp³-hybridized carbons (Fsp3) is 0.400. The molecule has 2 heterocycles. The van der Waals surface area contributed by atoms with E-state index in [9.17, 15) is 14.0 Å². The van der Waals surface area contributed by atoms with Gasteiger partial charge in [-0.25, -0.2) is 4.39 Å². The molecule has 28 heavy (non-hydrogen) atoms. The molecule has 0 saturated carbocycles. The number of nitrogens with one attached hydrogen (secondary N) is 2. The first-order valence-electron chi connectivity index (χ1n) is 9.42. The van der Waals surface area contributed by atoms with Crippen molar-refractivity contribution in [3.05, 3.63) is 54.2 Å². The van der Waals surface area contributed by atoms with Crippen LogP contribution in [0, 0.1) is 5.82 Å². The van der Waals surface area contributed by atoms with Crippen LogP contribution in [0.15, 0.2) is 47.1 Å². The van der Waals surface area contributed by atoms with E-state index in [1.54, 1.807) is 25.3 Å². The van der Waals surface area contributed by atoms with Crippen LogP contribution in [0.5, 0.6) is 0 Å². The Labute approximate surface area is 163 Å². The summed E-state index contributed by atoms with van der Waals surface area (Å²) in [5.74, 6) is -0.792. The van der Waals surface area contributed by atoms with E-state index in [1.165, 1.54) is 12.1 Å². The van der Waals surface area contributed by atoms with Gasteiger partial charge in [0.15, 0.2) is 0 Å². The molecule has 0 unspecified atom stereocenters. The SMILES string of the molecule is CCNC(=O)C(=O)NC[C@@H](c1ccco1)N1CCN(c2ccc(F)cc2)CC1. The van der Waals surface area contributed by atoms with Crippen molar-refractivity contribution in [3.63, 3.8) is 0 Å². The number of piperazine rings is 1. The van der Waals surface area contributed by atoms with Crippen LogP contribution in [0.25, 0.3) is 0 Å². The Morgan fingerprint density at radius 2 is 1.75 bits per heavy atom. The van der Waals surface area contributed by atoms with Crippen molar-refractivity contribution in [2.45, 2.75) is 13.0 Å². The van der Waals surface area contributed by atoms with Crippen molar-refractivity contribution in [1.29, 1.82) is 0 Å². The maximum Gasteiger partial charge on any atom is 0.309 e. The predicted molar refractivity (Wildman–Crippen MR) is 103 cm³/mol. The molecule has 0 aliphatic carbocycles. The average Bonchev–Trinajstić information content (AvgIpc) is 3.24. The van der Waals surface area contributed by atoms with Gasteiger partial charge in [0, 0.05) is 45.0 Å². The topological polar surface area (TPSA) is 77.8 Å². The number of amides is 2. The monoisotopic (exact) mass is 388 g/mol. The molecule has 0 spiro atoms. The van der Waals surface area contributed by atoms with Crippen LogP contribution < -0.4 is 15.5 Å². The van der Waals surface area contributed by atoms with Gasteiger partial charge in [0.25, 0.3) is 0 Å². The number of rotatable bonds is 6. The maximum absolute atomic E-state index is 13.1. The Bertz CT molecular complexity index is 771. The van der Waals surface area contributed by atoms with E-state index in [1.807, 2.05) is 12.1 Å². The van der Waals surface area contributed by atoms with Crippen LogP contribution in [-0.4, -0.2) is 56.0 Å². The van der Waals surface area contributed by atoms with E-state index in [0.29, 0.717) is 6.54 Å². The Hall–Kier alpha value is -2.87. The molecular formula is C20H25FN4O3. The third-order valence-electron chi connectivity index (χ3n) is 4.82. The molecule has 0 bridgehead atoms. The van der Waals surface area contributed by atoms with E-state index < -0.39 is 11.8 Å². The standard InChI is InChI=1S/C20H25FN4O3/c1-2-22-19(26)20(27)23-14-17(18-4-3-13-28-18)25-11-9-24(10-12-25)16-7-5-15(21)6-8-16/h3-8,13,17H,2,9-12,14H2,1H3,(H,22,26)(H,23,27)/t17-/m0/s1. The number of hydrogen-bond acceptors (Lipinski definition) is 5. The lowest BCUT2D eigenvalue weighted by atomic mass is 10.1. The first-order valence-corrected chi connectivity index (χ1v) is 9.42. The summed E-state index contributed by atoms with van der Waals surface area (Å²) in [6.45, 7) is 5.48. The molecular weight excluding hydrogens is 363 g/mol. The third kappa shape index (κ3) is 4.89. The molecule has 150 valence electrons. The minimum Gasteiger partial charge on any atom is -0.468 e. The van der Waals surface area contributed by atoms with E-state index >= 15 is 0 Å². The lowest BCUT2D eigenvalue weighted by molar-refractivity contribution is -0.139. The molecule has 8 heteroatoms. The molecule has 2 N–H and O–H groups in total. The number of benzene rings is 1. The fourth-order valence-electron chi connectivity index (χ4n) is 3.34. The summed E-state index contributed by atoms with van der Waals surface area (Å²) < 4.78 is 18.7. The van der Waals surface area contributed by atoms with Crippen molar-refractivity contribution < 1.29 is 18.4 Å². The van der Waals surface area contributed by atoms with Gasteiger partial charge >= 0.3 is 11.8 Å². The molecule has 1 atom stereocenters. The number of carbonyl (C=O) groups excluding carboxylic acids is 2. The molecule has 3 rings (SSSR count). The lowest BCUT2D eigenvalue weighted by Crippen LogP contribution is -2.50. The van der Waals surface area contributed by atoms with Crippen LogP contribution in [0.3, 0.4) is 0 Å². The number of nitrogens with zero attached hydrogens (tertiary/aromatic N) is 2. The first kappa shape index (κ1) is 19.9.